The molecular formula is C12H20N6. The number of hydrogen-bond acceptors (Lipinski definition) is 4. The molecule has 0 aliphatic rings. The van der Waals surface area contributed by atoms with Crippen molar-refractivity contribution in [3.8, 4) is 0 Å². The van der Waals surface area contributed by atoms with Gasteiger partial charge in [-0.1, -0.05) is 0 Å². The van der Waals surface area contributed by atoms with Crippen molar-refractivity contribution in [2.24, 2.45) is 14.1 Å². The lowest BCUT2D eigenvalue weighted by molar-refractivity contribution is 0.548. The van der Waals surface area contributed by atoms with Gasteiger partial charge in [-0.15, -0.1) is 0 Å². The molecule has 1 unspecified atom stereocenters. The van der Waals surface area contributed by atoms with E-state index in [1.54, 1.807) is 6.33 Å². The SMILES string of the molecule is CNC(Cc1ncnn1C)c1c(C)nn(C)c1C. The Morgan fingerprint density at radius 1 is 1.28 bits per heavy atom. The molecule has 0 aliphatic heterocycles. The van der Waals surface area contributed by atoms with E-state index in [-0.39, 0.29) is 6.04 Å². The standard InChI is InChI=1S/C12H20N6/c1-8-12(9(2)17(4)16-8)10(13-3)6-11-14-7-15-18(11)5/h7,10,13H,6H2,1-5H3. The van der Waals surface area contributed by atoms with Crippen LogP contribution < -0.4 is 5.32 Å². The molecule has 0 bridgehead atoms. The lowest BCUT2D eigenvalue weighted by Gasteiger charge is -2.16. The second kappa shape index (κ2) is 4.89. The monoisotopic (exact) mass is 248 g/mol. The van der Waals surface area contributed by atoms with Gasteiger partial charge in [-0.3, -0.25) is 9.36 Å². The first-order valence-electron chi connectivity index (χ1n) is 6.04. The van der Waals surface area contributed by atoms with Crippen molar-refractivity contribution in [3.05, 3.63) is 29.1 Å². The van der Waals surface area contributed by atoms with Crippen LogP contribution in [0.2, 0.25) is 0 Å². The Labute approximate surface area is 107 Å². The molecule has 2 aromatic heterocycles. The number of aryl methyl sites for hydroxylation is 3. The van der Waals surface area contributed by atoms with Crippen molar-refractivity contribution in [2.75, 3.05) is 7.05 Å². The first-order valence-corrected chi connectivity index (χ1v) is 6.04. The molecule has 0 saturated carbocycles. The lowest BCUT2D eigenvalue weighted by atomic mass is 10.0. The van der Waals surface area contributed by atoms with Crippen LogP contribution in [0.25, 0.3) is 0 Å². The summed E-state index contributed by atoms with van der Waals surface area (Å²) in [7, 11) is 5.85. The second-order valence-electron chi connectivity index (χ2n) is 4.55. The van der Waals surface area contributed by atoms with E-state index >= 15 is 0 Å². The Morgan fingerprint density at radius 3 is 2.44 bits per heavy atom. The molecular weight excluding hydrogens is 228 g/mol. The van der Waals surface area contributed by atoms with Gasteiger partial charge in [0.05, 0.1) is 5.69 Å². The predicted molar refractivity (Wildman–Crippen MR) is 69.2 cm³/mol. The predicted octanol–water partition coefficient (Wildman–Crippen LogP) is 0.669. The average Bonchev–Trinajstić information content (AvgIpc) is 2.83. The highest BCUT2D eigenvalue weighted by molar-refractivity contribution is 5.28. The summed E-state index contributed by atoms with van der Waals surface area (Å²) in [5.74, 6) is 0.969. The van der Waals surface area contributed by atoms with Crippen LogP contribution >= 0.6 is 0 Å². The maximum Gasteiger partial charge on any atom is 0.138 e. The van der Waals surface area contributed by atoms with Crippen molar-refractivity contribution in [1.82, 2.24) is 29.9 Å². The van der Waals surface area contributed by atoms with Gasteiger partial charge in [0.25, 0.3) is 0 Å². The third-order valence-electron chi connectivity index (χ3n) is 3.45. The normalized spacial score (nSPS) is 12.9. The molecule has 0 radical (unpaired) electrons. The Bertz CT molecular complexity index is 539. The highest BCUT2D eigenvalue weighted by Gasteiger charge is 2.20. The van der Waals surface area contributed by atoms with Crippen molar-refractivity contribution >= 4 is 0 Å². The quantitative estimate of drug-likeness (QED) is 0.864. The summed E-state index contributed by atoms with van der Waals surface area (Å²) in [6.45, 7) is 4.14. The number of nitrogens with zero attached hydrogens (tertiary/aromatic N) is 5. The minimum absolute atomic E-state index is 0.210. The summed E-state index contributed by atoms with van der Waals surface area (Å²) in [5.41, 5.74) is 3.51. The Balaban J connectivity index is 2.31. The number of rotatable bonds is 4. The lowest BCUT2D eigenvalue weighted by Crippen LogP contribution is -2.22. The fourth-order valence-corrected chi connectivity index (χ4v) is 2.33. The fourth-order valence-electron chi connectivity index (χ4n) is 2.33. The zero-order chi connectivity index (χ0) is 13.3. The topological polar surface area (TPSA) is 60.6 Å². The van der Waals surface area contributed by atoms with Crippen LogP contribution in [0.15, 0.2) is 6.33 Å². The van der Waals surface area contributed by atoms with Gasteiger partial charge in [0.1, 0.15) is 12.2 Å². The molecule has 0 aliphatic carbocycles. The summed E-state index contributed by atoms with van der Waals surface area (Å²) in [6, 6.07) is 0.210. The number of hydrogen-bond donors (Lipinski definition) is 1. The first kappa shape index (κ1) is 12.8. The summed E-state index contributed by atoms with van der Waals surface area (Å²) < 4.78 is 3.73. The van der Waals surface area contributed by atoms with E-state index in [9.17, 15) is 0 Å². The largest absolute Gasteiger partial charge is 0.313 e. The molecule has 6 nitrogen and oxygen atoms in total. The molecule has 2 rings (SSSR count). The van der Waals surface area contributed by atoms with E-state index in [0.29, 0.717) is 0 Å². The molecule has 6 heteroatoms. The zero-order valence-electron chi connectivity index (χ0n) is 11.6. The number of likely N-dealkylation sites (N-methyl/N-ethyl adjacent to an activating group) is 1. The van der Waals surface area contributed by atoms with Gasteiger partial charge in [0, 0.05) is 37.8 Å². The number of aromatic nitrogens is 5. The van der Waals surface area contributed by atoms with Crippen molar-refractivity contribution in [2.45, 2.75) is 26.3 Å². The van der Waals surface area contributed by atoms with Crippen LogP contribution in [0, 0.1) is 13.8 Å². The van der Waals surface area contributed by atoms with Gasteiger partial charge >= 0.3 is 0 Å². The van der Waals surface area contributed by atoms with Gasteiger partial charge in [-0.2, -0.15) is 10.2 Å². The van der Waals surface area contributed by atoms with Gasteiger partial charge in [0.15, 0.2) is 0 Å². The van der Waals surface area contributed by atoms with E-state index in [2.05, 4.69) is 27.4 Å². The molecule has 1 atom stereocenters. The minimum Gasteiger partial charge on any atom is -0.313 e. The van der Waals surface area contributed by atoms with Crippen LogP contribution in [-0.4, -0.2) is 31.6 Å². The molecule has 98 valence electrons. The van der Waals surface area contributed by atoms with Crippen LogP contribution in [0.1, 0.15) is 28.8 Å². The third-order valence-corrected chi connectivity index (χ3v) is 3.45. The third kappa shape index (κ3) is 2.15. The Hall–Kier alpha value is -1.69. The van der Waals surface area contributed by atoms with Gasteiger partial charge in [-0.25, -0.2) is 4.98 Å². The highest BCUT2D eigenvalue weighted by Crippen LogP contribution is 2.23. The summed E-state index contributed by atoms with van der Waals surface area (Å²) >= 11 is 0. The number of nitrogens with one attached hydrogen (secondary N) is 1. The molecule has 2 aromatic rings. The maximum absolute atomic E-state index is 4.46. The minimum atomic E-state index is 0.210. The van der Waals surface area contributed by atoms with E-state index in [4.69, 9.17) is 0 Å². The molecule has 2 heterocycles. The van der Waals surface area contributed by atoms with Crippen molar-refractivity contribution < 1.29 is 0 Å². The van der Waals surface area contributed by atoms with Crippen LogP contribution in [0.5, 0.6) is 0 Å². The van der Waals surface area contributed by atoms with Gasteiger partial charge < -0.3 is 5.32 Å². The maximum atomic E-state index is 4.46. The molecule has 1 N–H and O–H groups in total. The molecule has 0 saturated heterocycles. The van der Waals surface area contributed by atoms with E-state index in [0.717, 1.165) is 17.9 Å². The Kier molecular flexibility index (Phi) is 3.47. The molecule has 0 amide bonds. The molecule has 0 aromatic carbocycles. The van der Waals surface area contributed by atoms with Crippen molar-refractivity contribution in [1.29, 1.82) is 0 Å². The van der Waals surface area contributed by atoms with Crippen LogP contribution in [0.4, 0.5) is 0 Å². The zero-order valence-corrected chi connectivity index (χ0v) is 11.6. The average molecular weight is 248 g/mol. The highest BCUT2D eigenvalue weighted by atomic mass is 15.3. The van der Waals surface area contributed by atoms with E-state index < -0.39 is 0 Å². The van der Waals surface area contributed by atoms with Gasteiger partial charge in [0.2, 0.25) is 0 Å². The fraction of sp³-hybridized carbons (Fsp3) is 0.583. The first-order chi connectivity index (χ1) is 8.54. The molecule has 18 heavy (non-hydrogen) atoms. The van der Waals surface area contributed by atoms with Crippen LogP contribution in [-0.2, 0) is 20.5 Å². The Morgan fingerprint density at radius 2 is 2.00 bits per heavy atom. The summed E-state index contributed by atoms with van der Waals surface area (Å²) in [5, 5.41) is 11.9. The smallest absolute Gasteiger partial charge is 0.138 e. The molecule has 0 spiro atoms. The van der Waals surface area contributed by atoms with Crippen LogP contribution in [0.3, 0.4) is 0 Å². The summed E-state index contributed by atoms with van der Waals surface area (Å²) in [4.78, 5) is 4.28. The summed E-state index contributed by atoms with van der Waals surface area (Å²) in [6.07, 6.45) is 2.39. The second-order valence-corrected chi connectivity index (χ2v) is 4.55. The molecule has 0 fully saturated rings. The van der Waals surface area contributed by atoms with E-state index in [1.807, 2.05) is 37.4 Å². The van der Waals surface area contributed by atoms with Gasteiger partial charge in [-0.05, 0) is 20.9 Å². The van der Waals surface area contributed by atoms with Crippen molar-refractivity contribution in [3.63, 3.8) is 0 Å². The van der Waals surface area contributed by atoms with E-state index in [1.165, 1.54) is 11.3 Å².